The summed E-state index contributed by atoms with van der Waals surface area (Å²) in [7, 11) is 0. The molecule has 0 unspecified atom stereocenters. The summed E-state index contributed by atoms with van der Waals surface area (Å²) in [5, 5.41) is 10.9. The lowest BCUT2D eigenvalue weighted by atomic mass is 9.90. The molecule has 0 aliphatic rings. The maximum absolute atomic E-state index is 10.9. The van der Waals surface area contributed by atoms with Crippen LogP contribution in [0.1, 0.15) is 22.3 Å². The molecule has 7 rings (SSSR count). The van der Waals surface area contributed by atoms with Crippen molar-refractivity contribution in [1.29, 1.82) is 0 Å². The number of pyridine rings is 2. The molecule has 0 aliphatic heterocycles. The summed E-state index contributed by atoms with van der Waals surface area (Å²) in [6.07, 6.45) is 1.83. The van der Waals surface area contributed by atoms with Crippen LogP contribution in [0.25, 0.3) is 44.6 Å². The Kier molecular flexibility index (Phi) is 8.31. The van der Waals surface area contributed by atoms with Crippen molar-refractivity contribution < 1.29 is 5.11 Å². The fraction of sp³-hybridized carbons (Fsp3) is 0.0909. The number of para-hydroxylation sites is 2. The Hall–Kier alpha value is -6.00. The van der Waals surface area contributed by atoms with Gasteiger partial charge in [0, 0.05) is 22.9 Å². The third-order valence-corrected chi connectivity index (χ3v) is 9.04. The number of hydrogen-bond donors (Lipinski definition) is 1. The second kappa shape index (κ2) is 13.0. The molecule has 0 saturated heterocycles. The molecule has 0 radical (unpaired) electrons. The lowest BCUT2D eigenvalue weighted by Crippen LogP contribution is -2.16. The summed E-state index contributed by atoms with van der Waals surface area (Å²) < 4.78 is 0. The molecule has 0 amide bonds. The highest BCUT2D eigenvalue weighted by Gasteiger charge is 2.23. The first-order valence-corrected chi connectivity index (χ1v) is 16.2. The van der Waals surface area contributed by atoms with Crippen LogP contribution in [-0.2, 0) is 0 Å². The first-order chi connectivity index (χ1) is 23.4. The molecule has 1 N–H and O–H groups in total. The second-order valence-electron chi connectivity index (χ2n) is 12.3. The van der Waals surface area contributed by atoms with Crippen LogP contribution in [0.3, 0.4) is 0 Å². The van der Waals surface area contributed by atoms with E-state index in [2.05, 4.69) is 124 Å². The van der Waals surface area contributed by atoms with Gasteiger partial charge in [0.15, 0.2) is 0 Å². The zero-order valence-electron chi connectivity index (χ0n) is 27.6. The van der Waals surface area contributed by atoms with E-state index in [4.69, 9.17) is 9.97 Å². The van der Waals surface area contributed by atoms with Gasteiger partial charge in [-0.2, -0.15) is 0 Å². The van der Waals surface area contributed by atoms with Gasteiger partial charge in [-0.15, -0.1) is 0 Å². The van der Waals surface area contributed by atoms with E-state index < -0.39 is 0 Å². The lowest BCUT2D eigenvalue weighted by Gasteiger charge is -2.28. The van der Waals surface area contributed by atoms with Crippen LogP contribution in [0.15, 0.2) is 146 Å². The molecule has 0 fully saturated rings. The van der Waals surface area contributed by atoms with E-state index >= 15 is 0 Å². The number of anilines is 3. The van der Waals surface area contributed by atoms with Gasteiger partial charge in [-0.1, -0.05) is 91.0 Å². The summed E-state index contributed by atoms with van der Waals surface area (Å²) in [6, 6.07) is 47.5. The summed E-state index contributed by atoms with van der Waals surface area (Å²) in [6.45, 7) is 8.57. The lowest BCUT2D eigenvalue weighted by molar-refractivity contribution is 0.477. The first kappa shape index (κ1) is 30.6. The van der Waals surface area contributed by atoms with Crippen LogP contribution in [0.5, 0.6) is 5.75 Å². The summed E-state index contributed by atoms with van der Waals surface area (Å²) in [4.78, 5) is 12.5. The maximum atomic E-state index is 10.9. The largest absolute Gasteiger partial charge is 0.507 e. The standard InChI is InChI=1S/C44H37N3O/c1-29-15-14-16-30(2)43(29)36-27-34(38-20-9-11-22-41(38)48)26-35(28-36)39-25-31(3)32(4)44(46-39)47(42-23-12-13-24-45-42)40-21-10-8-19-37(40)33-17-6-5-7-18-33/h5-28,48H,1-4H3. The van der Waals surface area contributed by atoms with Crippen molar-refractivity contribution in [3.05, 3.63) is 168 Å². The molecule has 0 saturated carbocycles. The monoisotopic (exact) mass is 623 g/mol. The third-order valence-electron chi connectivity index (χ3n) is 9.04. The van der Waals surface area contributed by atoms with Crippen LogP contribution in [0, 0.1) is 27.7 Å². The molecule has 7 aromatic rings. The van der Waals surface area contributed by atoms with E-state index in [1.54, 1.807) is 6.07 Å². The molecule has 0 bridgehead atoms. The summed E-state index contributed by atoms with van der Waals surface area (Å²) >= 11 is 0. The quantitative estimate of drug-likeness (QED) is 0.192. The number of hydrogen-bond acceptors (Lipinski definition) is 4. The van der Waals surface area contributed by atoms with Crippen molar-refractivity contribution in [3.63, 3.8) is 0 Å². The number of rotatable bonds is 7. The van der Waals surface area contributed by atoms with Crippen molar-refractivity contribution in [3.8, 4) is 50.4 Å². The van der Waals surface area contributed by atoms with E-state index in [9.17, 15) is 5.11 Å². The normalized spacial score (nSPS) is 11.0. The van der Waals surface area contributed by atoms with Gasteiger partial charge in [0.25, 0.3) is 0 Å². The molecule has 4 heteroatoms. The Bertz CT molecular complexity index is 2220. The summed E-state index contributed by atoms with van der Waals surface area (Å²) in [5.74, 6) is 1.84. The van der Waals surface area contributed by atoms with E-state index in [-0.39, 0.29) is 5.75 Å². The van der Waals surface area contributed by atoms with Gasteiger partial charge >= 0.3 is 0 Å². The molecular formula is C44H37N3O. The summed E-state index contributed by atoms with van der Waals surface area (Å²) in [5.41, 5.74) is 13.6. The molecule has 0 aliphatic carbocycles. The number of phenolic OH excluding ortho intramolecular Hbond substituents is 1. The Labute approximate surface area is 282 Å². The Balaban J connectivity index is 1.48. The molecular weight excluding hydrogens is 587 g/mol. The fourth-order valence-corrected chi connectivity index (χ4v) is 6.51. The molecule has 2 aromatic heterocycles. The number of benzene rings is 5. The third kappa shape index (κ3) is 5.85. The molecule has 234 valence electrons. The number of aryl methyl sites for hydroxylation is 3. The molecule has 2 heterocycles. The maximum Gasteiger partial charge on any atom is 0.142 e. The highest BCUT2D eigenvalue weighted by Crippen LogP contribution is 2.43. The van der Waals surface area contributed by atoms with Gasteiger partial charge in [-0.25, -0.2) is 9.97 Å². The minimum atomic E-state index is 0.245. The first-order valence-electron chi connectivity index (χ1n) is 16.2. The van der Waals surface area contributed by atoms with Gasteiger partial charge in [0.2, 0.25) is 0 Å². The fourth-order valence-electron chi connectivity index (χ4n) is 6.51. The van der Waals surface area contributed by atoms with Crippen LogP contribution in [0.2, 0.25) is 0 Å². The van der Waals surface area contributed by atoms with Crippen molar-refractivity contribution in [2.45, 2.75) is 27.7 Å². The number of phenols is 1. The smallest absolute Gasteiger partial charge is 0.142 e. The van der Waals surface area contributed by atoms with Gasteiger partial charge in [0.1, 0.15) is 17.4 Å². The second-order valence-corrected chi connectivity index (χ2v) is 12.3. The van der Waals surface area contributed by atoms with Gasteiger partial charge in [-0.3, -0.25) is 4.90 Å². The minimum absolute atomic E-state index is 0.245. The van der Waals surface area contributed by atoms with Crippen LogP contribution < -0.4 is 4.90 Å². The van der Waals surface area contributed by atoms with Crippen LogP contribution in [-0.4, -0.2) is 15.1 Å². The molecule has 48 heavy (non-hydrogen) atoms. The Morgan fingerprint density at radius 2 is 1.17 bits per heavy atom. The molecule has 0 spiro atoms. The number of aromatic hydroxyl groups is 1. The highest BCUT2D eigenvalue weighted by molar-refractivity contribution is 5.89. The average Bonchev–Trinajstić information content (AvgIpc) is 3.11. The predicted octanol–water partition coefficient (Wildman–Crippen LogP) is 11.6. The molecule has 5 aromatic carbocycles. The molecule has 4 nitrogen and oxygen atoms in total. The van der Waals surface area contributed by atoms with E-state index in [1.807, 2.05) is 48.7 Å². The van der Waals surface area contributed by atoms with E-state index in [0.29, 0.717) is 0 Å². The van der Waals surface area contributed by atoms with Gasteiger partial charge in [0.05, 0.1) is 11.4 Å². The van der Waals surface area contributed by atoms with E-state index in [1.165, 1.54) is 16.7 Å². The average molecular weight is 624 g/mol. The van der Waals surface area contributed by atoms with Crippen LogP contribution >= 0.6 is 0 Å². The van der Waals surface area contributed by atoms with Crippen molar-refractivity contribution in [1.82, 2.24) is 9.97 Å². The van der Waals surface area contributed by atoms with Crippen LogP contribution in [0.4, 0.5) is 17.3 Å². The highest BCUT2D eigenvalue weighted by atomic mass is 16.3. The minimum Gasteiger partial charge on any atom is -0.507 e. The van der Waals surface area contributed by atoms with Crippen molar-refractivity contribution in [2.75, 3.05) is 4.90 Å². The number of aromatic nitrogens is 2. The number of nitrogens with zero attached hydrogens (tertiary/aromatic N) is 3. The Morgan fingerprint density at radius 3 is 1.90 bits per heavy atom. The Morgan fingerprint density at radius 1 is 0.521 bits per heavy atom. The van der Waals surface area contributed by atoms with Gasteiger partial charge < -0.3 is 5.11 Å². The topological polar surface area (TPSA) is 49.3 Å². The van der Waals surface area contributed by atoms with E-state index in [0.717, 1.165) is 67.5 Å². The van der Waals surface area contributed by atoms with Gasteiger partial charge in [-0.05, 0) is 121 Å². The predicted molar refractivity (Wildman–Crippen MR) is 199 cm³/mol. The zero-order chi connectivity index (χ0) is 33.2. The van der Waals surface area contributed by atoms with Crippen molar-refractivity contribution >= 4 is 17.3 Å². The zero-order valence-corrected chi connectivity index (χ0v) is 27.6. The SMILES string of the molecule is Cc1cc(-c2cc(-c3ccccc3O)cc(-c3c(C)cccc3C)c2)nc(N(c2ccccn2)c2ccccc2-c2ccccc2)c1C. The van der Waals surface area contributed by atoms with Crippen molar-refractivity contribution in [2.24, 2.45) is 0 Å². The molecule has 0 atom stereocenters.